The largest absolute Gasteiger partial charge is 0.487 e. The van der Waals surface area contributed by atoms with Crippen molar-refractivity contribution in [3.05, 3.63) is 72.1 Å². The second kappa shape index (κ2) is 7.00. The second-order valence-corrected chi connectivity index (χ2v) is 7.69. The second-order valence-electron chi connectivity index (χ2n) is 7.69. The van der Waals surface area contributed by atoms with E-state index in [1.807, 2.05) is 60.7 Å². The lowest BCUT2D eigenvalue weighted by atomic mass is 9.88. The van der Waals surface area contributed by atoms with Gasteiger partial charge >= 0.3 is 5.97 Å². The van der Waals surface area contributed by atoms with E-state index >= 15 is 0 Å². The molecule has 0 aliphatic rings. The van der Waals surface area contributed by atoms with Gasteiger partial charge in [-0.25, -0.2) is 4.98 Å². The van der Waals surface area contributed by atoms with Gasteiger partial charge in [-0.3, -0.25) is 4.79 Å². The third-order valence-corrected chi connectivity index (χ3v) is 4.90. The van der Waals surface area contributed by atoms with E-state index in [2.05, 4.69) is 9.97 Å². The Kier molecular flexibility index (Phi) is 4.51. The number of fused-ring (bicyclic) bond motifs is 2. The van der Waals surface area contributed by atoms with Crippen molar-refractivity contribution in [2.24, 2.45) is 5.41 Å². The first-order chi connectivity index (χ1) is 13.4. The van der Waals surface area contributed by atoms with Gasteiger partial charge in [-0.2, -0.15) is 0 Å². The lowest BCUT2D eigenvalue weighted by Gasteiger charge is -2.17. The van der Waals surface area contributed by atoms with Gasteiger partial charge in [-0.15, -0.1) is 0 Å². The fourth-order valence-corrected chi connectivity index (χ4v) is 3.25. The zero-order valence-electron chi connectivity index (χ0n) is 15.9. The first-order valence-corrected chi connectivity index (χ1v) is 9.23. The quantitative estimate of drug-likeness (QED) is 0.501. The maximum absolute atomic E-state index is 11.4. The highest BCUT2D eigenvalue weighted by Gasteiger charge is 2.28. The topological polar surface area (TPSA) is 75.2 Å². The summed E-state index contributed by atoms with van der Waals surface area (Å²) in [5.74, 6) is -0.0523. The predicted octanol–water partition coefficient (Wildman–Crippen LogP) is 4.95. The summed E-state index contributed by atoms with van der Waals surface area (Å²) < 4.78 is 5.93. The van der Waals surface area contributed by atoms with Crippen LogP contribution in [0.5, 0.6) is 5.75 Å². The van der Waals surface area contributed by atoms with Gasteiger partial charge in [-0.05, 0) is 50.2 Å². The summed E-state index contributed by atoms with van der Waals surface area (Å²) >= 11 is 0. The lowest BCUT2D eigenvalue weighted by Crippen LogP contribution is -2.26. The molecule has 2 heterocycles. The van der Waals surface area contributed by atoms with Crippen molar-refractivity contribution < 1.29 is 14.6 Å². The number of carboxylic acid groups (broad SMARTS) is 1. The molecule has 2 N–H and O–H groups in total. The Bertz CT molecular complexity index is 1160. The first kappa shape index (κ1) is 18.0. The van der Waals surface area contributed by atoms with Gasteiger partial charge in [0.1, 0.15) is 12.4 Å². The number of nitrogens with zero attached hydrogens (tertiary/aromatic N) is 1. The van der Waals surface area contributed by atoms with Gasteiger partial charge in [-0.1, -0.05) is 24.3 Å². The molecular formula is C23H22N2O3. The maximum Gasteiger partial charge on any atom is 0.309 e. The molecule has 28 heavy (non-hydrogen) atoms. The number of carboxylic acids is 1. The molecule has 0 saturated heterocycles. The molecule has 0 aliphatic heterocycles. The fraction of sp³-hybridized carbons (Fsp3) is 0.217. The Balaban J connectivity index is 1.50. The molecule has 2 aromatic carbocycles. The standard InChI is InChI=1S/C23H22N2O3/c1-23(2,22(26)27)13-18-11-16-12-19(9-10-21(16)25-18)28-14-17-8-7-15-5-3-4-6-20(15)24-17/h3-12,25H,13-14H2,1-2H3,(H,26,27). The molecular weight excluding hydrogens is 352 g/mol. The molecule has 142 valence electrons. The Hall–Kier alpha value is -3.34. The molecule has 0 saturated carbocycles. The van der Waals surface area contributed by atoms with E-state index in [1.54, 1.807) is 13.8 Å². The number of aromatic amines is 1. The number of hydrogen-bond donors (Lipinski definition) is 2. The van der Waals surface area contributed by atoms with Crippen molar-refractivity contribution in [2.75, 3.05) is 0 Å². The van der Waals surface area contributed by atoms with E-state index in [1.165, 1.54) is 0 Å². The number of benzene rings is 2. The van der Waals surface area contributed by atoms with E-state index in [0.29, 0.717) is 13.0 Å². The molecule has 0 spiro atoms. The summed E-state index contributed by atoms with van der Waals surface area (Å²) in [6, 6.07) is 19.8. The zero-order valence-corrected chi connectivity index (χ0v) is 15.9. The lowest BCUT2D eigenvalue weighted by molar-refractivity contribution is -0.146. The minimum atomic E-state index is -0.818. The summed E-state index contributed by atoms with van der Waals surface area (Å²) in [7, 11) is 0. The van der Waals surface area contributed by atoms with Crippen LogP contribution in [0.2, 0.25) is 0 Å². The van der Waals surface area contributed by atoms with Crippen LogP contribution in [0.3, 0.4) is 0 Å². The molecule has 0 radical (unpaired) electrons. The van der Waals surface area contributed by atoms with E-state index in [9.17, 15) is 9.90 Å². The Labute approximate surface area is 163 Å². The number of ether oxygens (including phenoxy) is 1. The van der Waals surface area contributed by atoms with Crippen LogP contribution in [-0.2, 0) is 17.8 Å². The summed E-state index contributed by atoms with van der Waals surface area (Å²) in [5.41, 5.74) is 2.87. The van der Waals surface area contributed by atoms with E-state index < -0.39 is 11.4 Å². The first-order valence-electron chi connectivity index (χ1n) is 9.23. The van der Waals surface area contributed by atoms with Crippen LogP contribution in [0.4, 0.5) is 0 Å². The van der Waals surface area contributed by atoms with Gasteiger partial charge in [0.15, 0.2) is 0 Å². The highest BCUT2D eigenvalue weighted by molar-refractivity contribution is 5.82. The molecule has 4 rings (SSSR count). The molecule has 0 bridgehead atoms. The van der Waals surface area contributed by atoms with Gasteiger partial charge < -0.3 is 14.8 Å². The number of hydrogen-bond acceptors (Lipinski definition) is 3. The number of nitrogens with one attached hydrogen (secondary N) is 1. The molecule has 0 amide bonds. The normalized spacial score (nSPS) is 11.8. The minimum absolute atomic E-state index is 0.389. The molecule has 0 aliphatic carbocycles. The molecule has 0 fully saturated rings. The van der Waals surface area contributed by atoms with Crippen molar-refractivity contribution in [2.45, 2.75) is 26.9 Å². The zero-order chi connectivity index (χ0) is 19.7. The van der Waals surface area contributed by atoms with Crippen LogP contribution in [0, 0.1) is 5.41 Å². The van der Waals surface area contributed by atoms with Crippen molar-refractivity contribution >= 4 is 27.8 Å². The van der Waals surface area contributed by atoms with Crippen LogP contribution in [0.15, 0.2) is 60.7 Å². The molecule has 5 nitrogen and oxygen atoms in total. The van der Waals surface area contributed by atoms with Gasteiger partial charge in [0.05, 0.1) is 16.6 Å². The molecule has 4 aromatic rings. The SMILES string of the molecule is CC(C)(Cc1cc2cc(OCc3ccc4ccccc4n3)ccc2[nH]1)C(=O)O. The summed E-state index contributed by atoms with van der Waals surface area (Å²) in [6.07, 6.45) is 0.439. The van der Waals surface area contributed by atoms with Crippen molar-refractivity contribution in [1.29, 1.82) is 0 Å². The third-order valence-electron chi connectivity index (χ3n) is 4.90. The van der Waals surface area contributed by atoms with Gasteiger partial charge in [0.25, 0.3) is 0 Å². The molecule has 0 unspecified atom stereocenters. The minimum Gasteiger partial charge on any atom is -0.487 e. The summed E-state index contributed by atoms with van der Waals surface area (Å²) in [6.45, 7) is 3.84. The Morgan fingerprint density at radius 2 is 1.89 bits per heavy atom. The van der Waals surface area contributed by atoms with Crippen LogP contribution in [0.25, 0.3) is 21.8 Å². The molecule has 0 atom stereocenters. The smallest absolute Gasteiger partial charge is 0.309 e. The molecule has 2 aromatic heterocycles. The highest BCUT2D eigenvalue weighted by atomic mass is 16.5. The number of H-pyrrole nitrogens is 1. The number of aliphatic carboxylic acids is 1. The van der Waals surface area contributed by atoms with Gasteiger partial charge in [0, 0.05) is 28.4 Å². The average molecular weight is 374 g/mol. The van der Waals surface area contributed by atoms with Crippen molar-refractivity contribution in [3.63, 3.8) is 0 Å². The number of para-hydroxylation sites is 1. The highest BCUT2D eigenvalue weighted by Crippen LogP contribution is 2.27. The number of pyridine rings is 1. The van der Waals surface area contributed by atoms with Crippen LogP contribution in [-0.4, -0.2) is 21.0 Å². The molecule has 5 heteroatoms. The maximum atomic E-state index is 11.4. The number of rotatable bonds is 6. The summed E-state index contributed by atoms with van der Waals surface area (Å²) in [4.78, 5) is 19.3. The Morgan fingerprint density at radius 1 is 1.07 bits per heavy atom. The van der Waals surface area contributed by atoms with Crippen molar-refractivity contribution in [1.82, 2.24) is 9.97 Å². The number of aromatic nitrogens is 2. The van der Waals surface area contributed by atoms with E-state index in [-0.39, 0.29) is 0 Å². The Morgan fingerprint density at radius 3 is 2.71 bits per heavy atom. The average Bonchev–Trinajstić information content (AvgIpc) is 3.06. The van der Waals surface area contributed by atoms with Crippen LogP contribution < -0.4 is 4.74 Å². The van der Waals surface area contributed by atoms with Crippen LogP contribution in [0.1, 0.15) is 25.2 Å². The van der Waals surface area contributed by atoms with E-state index in [4.69, 9.17) is 4.74 Å². The van der Waals surface area contributed by atoms with Crippen molar-refractivity contribution in [3.8, 4) is 5.75 Å². The van der Waals surface area contributed by atoms with Crippen LogP contribution >= 0.6 is 0 Å². The third kappa shape index (κ3) is 3.69. The monoisotopic (exact) mass is 374 g/mol. The number of carbonyl (C=O) groups is 1. The summed E-state index contributed by atoms with van der Waals surface area (Å²) in [5, 5.41) is 11.4. The van der Waals surface area contributed by atoms with E-state index in [0.717, 1.165) is 38.9 Å². The fourth-order valence-electron chi connectivity index (χ4n) is 3.25. The predicted molar refractivity (Wildman–Crippen MR) is 109 cm³/mol. The van der Waals surface area contributed by atoms with Gasteiger partial charge in [0.2, 0.25) is 0 Å².